The minimum absolute atomic E-state index is 0.646. The van der Waals surface area contributed by atoms with E-state index in [0.29, 0.717) is 6.54 Å². The fourth-order valence-corrected chi connectivity index (χ4v) is 3.25. The summed E-state index contributed by atoms with van der Waals surface area (Å²) in [5.41, 5.74) is 1.45. The molecule has 2 aromatic rings. The van der Waals surface area contributed by atoms with Gasteiger partial charge in [0, 0.05) is 27.2 Å². The molecule has 24 heavy (non-hydrogen) atoms. The van der Waals surface area contributed by atoms with Crippen LogP contribution >= 0.6 is 0 Å². The maximum Gasteiger partial charge on any atom is 0.194 e. The van der Waals surface area contributed by atoms with E-state index in [0.717, 1.165) is 30.8 Å². The molecule has 0 atom stereocenters. The van der Waals surface area contributed by atoms with Crippen LogP contribution in [0.25, 0.3) is 0 Å². The van der Waals surface area contributed by atoms with Crippen LogP contribution in [0.4, 0.5) is 0 Å². The van der Waals surface area contributed by atoms with E-state index in [2.05, 4.69) is 55.7 Å². The zero-order valence-corrected chi connectivity index (χ0v) is 14.5. The molecule has 0 unspecified atom stereocenters. The van der Waals surface area contributed by atoms with Gasteiger partial charge >= 0.3 is 0 Å². The monoisotopic (exact) mass is 326 g/mol. The molecule has 1 N–H and O–H groups in total. The molecule has 1 aliphatic heterocycles. The molecule has 0 saturated carbocycles. The van der Waals surface area contributed by atoms with E-state index in [4.69, 9.17) is 0 Å². The number of aliphatic imine (C=N–C) groups is 1. The highest BCUT2D eigenvalue weighted by Gasteiger charge is 2.21. The van der Waals surface area contributed by atoms with Crippen LogP contribution in [-0.2, 0) is 20.0 Å². The average molecular weight is 326 g/mol. The topological polar surface area (TPSA) is 58.3 Å². The third-order valence-electron chi connectivity index (χ3n) is 4.70. The Balaban J connectivity index is 1.48. The van der Waals surface area contributed by atoms with Crippen LogP contribution in [0, 0.1) is 5.92 Å². The lowest BCUT2D eigenvalue weighted by molar-refractivity contribution is 0.258. The zero-order chi connectivity index (χ0) is 16.8. The molecular weight excluding hydrogens is 300 g/mol. The molecule has 6 heteroatoms. The first kappa shape index (κ1) is 16.5. The van der Waals surface area contributed by atoms with Crippen LogP contribution in [0.3, 0.4) is 0 Å². The third-order valence-corrected chi connectivity index (χ3v) is 4.70. The van der Waals surface area contributed by atoms with E-state index in [1.807, 2.05) is 18.7 Å². The molecule has 1 saturated heterocycles. The Morgan fingerprint density at radius 1 is 1.25 bits per heavy atom. The van der Waals surface area contributed by atoms with E-state index in [9.17, 15) is 0 Å². The Hall–Kier alpha value is -2.37. The lowest BCUT2D eigenvalue weighted by atomic mass is 9.90. The summed E-state index contributed by atoms with van der Waals surface area (Å²) in [7, 11) is 3.80. The first-order valence-corrected chi connectivity index (χ1v) is 8.58. The molecule has 3 rings (SSSR count). The molecule has 128 valence electrons. The fraction of sp³-hybridized carbons (Fsp3) is 0.500. The number of likely N-dealkylation sites (tertiary alicyclic amines) is 1. The van der Waals surface area contributed by atoms with Crippen LogP contribution in [-0.4, -0.2) is 45.8 Å². The van der Waals surface area contributed by atoms with E-state index in [1.165, 1.54) is 24.8 Å². The molecule has 2 heterocycles. The van der Waals surface area contributed by atoms with Crippen molar-refractivity contribution in [2.75, 3.05) is 20.1 Å². The van der Waals surface area contributed by atoms with Crippen molar-refractivity contribution in [3.05, 3.63) is 48.0 Å². The highest BCUT2D eigenvalue weighted by Crippen LogP contribution is 2.21. The number of aromatic nitrogens is 3. The van der Waals surface area contributed by atoms with Gasteiger partial charge in [-0.3, -0.25) is 4.99 Å². The van der Waals surface area contributed by atoms with Gasteiger partial charge in [0.15, 0.2) is 11.8 Å². The molecular formula is C18H26N6. The maximum atomic E-state index is 4.42. The Labute approximate surface area is 143 Å². The molecule has 1 aliphatic rings. The van der Waals surface area contributed by atoms with Crippen LogP contribution in [0.1, 0.15) is 24.2 Å². The number of hydrogen-bond acceptors (Lipinski definition) is 3. The van der Waals surface area contributed by atoms with Gasteiger partial charge < -0.3 is 14.8 Å². The molecule has 0 bridgehead atoms. The third kappa shape index (κ3) is 4.13. The highest BCUT2D eigenvalue weighted by molar-refractivity contribution is 5.79. The Morgan fingerprint density at radius 2 is 2.00 bits per heavy atom. The molecule has 6 nitrogen and oxygen atoms in total. The lowest BCUT2D eigenvalue weighted by Gasteiger charge is -2.34. The quantitative estimate of drug-likeness (QED) is 0.688. The standard InChI is InChI=1S/C18H26N6/c1-19-18(20-13-17-22-21-14-23(17)2)24-10-8-16(9-11-24)12-15-6-4-3-5-7-15/h3-7,14,16H,8-13H2,1-2H3,(H,19,20). The van der Waals surface area contributed by atoms with E-state index in [-0.39, 0.29) is 0 Å². The van der Waals surface area contributed by atoms with Gasteiger partial charge in [-0.2, -0.15) is 0 Å². The normalized spacial score (nSPS) is 16.4. The van der Waals surface area contributed by atoms with Gasteiger partial charge in [-0.1, -0.05) is 30.3 Å². The molecule has 1 aromatic heterocycles. The first-order valence-electron chi connectivity index (χ1n) is 8.58. The summed E-state index contributed by atoms with van der Waals surface area (Å²) < 4.78 is 1.92. The minimum Gasteiger partial charge on any atom is -0.349 e. The van der Waals surface area contributed by atoms with Gasteiger partial charge in [0.1, 0.15) is 6.33 Å². The second-order valence-corrected chi connectivity index (χ2v) is 6.38. The molecule has 0 amide bonds. The van der Waals surface area contributed by atoms with E-state index >= 15 is 0 Å². The lowest BCUT2D eigenvalue weighted by Crippen LogP contribution is -2.45. The van der Waals surface area contributed by atoms with Crippen molar-refractivity contribution in [2.24, 2.45) is 18.0 Å². The van der Waals surface area contributed by atoms with Gasteiger partial charge in [0.25, 0.3) is 0 Å². The summed E-state index contributed by atoms with van der Waals surface area (Å²) in [4.78, 5) is 6.77. The summed E-state index contributed by atoms with van der Waals surface area (Å²) >= 11 is 0. The second-order valence-electron chi connectivity index (χ2n) is 6.38. The molecule has 0 spiro atoms. The fourth-order valence-electron chi connectivity index (χ4n) is 3.25. The van der Waals surface area contributed by atoms with E-state index < -0.39 is 0 Å². The summed E-state index contributed by atoms with van der Waals surface area (Å²) in [5, 5.41) is 11.4. The molecule has 0 radical (unpaired) electrons. The van der Waals surface area contributed by atoms with Crippen molar-refractivity contribution in [3.63, 3.8) is 0 Å². The minimum atomic E-state index is 0.646. The van der Waals surface area contributed by atoms with Crippen molar-refractivity contribution in [2.45, 2.75) is 25.8 Å². The van der Waals surface area contributed by atoms with Crippen LogP contribution in [0.5, 0.6) is 0 Å². The highest BCUT2D eigenvalue weighted by atomic mass is 15.3. The first-order chi connectivity index (χ1) is 11.8. The number of rotatable bonds is 4. The van der Waals surface area contributed by atoms with Crippen LogP contribution in [0.15, 0.2) is 41.7 Å². The maximum absolute atomic E-state index is 4.42. The van der Waals surface area contributed by atoms with Gasteiger partial charge in [-0.05, 0) is 30.7 Å². The predicted molar refractivity (Wildman–Crippen MR) is 95.6 cm³/mol. The number of aryl methyl sites for hydroxylation is 1. The Kier molecular flexibility index (Phi) is 5.46. The van der Waals surface area contributed by atoms with Crippen molar-refractivity contribution < 1.29 is 0 Å². The van der Waals surface area contributed by atoms with E-state index in [1.54, 1.807) is 6.33 Å². The van der Waals surface area contributed by atoms with Crippen molar-refractivity contribution in [1.82, 2.24) is 25.0 Å². The van der Waals surface area contributed by atoms with Crippen molar-refractivity contribution in [3.8, 4) is 0 Å². The predicted octanol–water partition coefficient (Wildman–Crippen LogP) is 1.85. The Bertz CT molecular complexity index is 655. The SMILES string of the molecule is CN=C(NCc1nncn1C)N1CCC(Cc2ccccc2)CC1. The number of piperidine rings is 1. The zero-order valence-electron chi connectivity index (χ0n) is 14.5. The van der Waals surface area contributed by atoms with Gasteiger partial charge in [-0.25, -0.2) is 0 Å². The van der Waals surface area contributed by atoms with Gasteiger partial charge in [0.2, 0.25) is 0 Å². The summed E-state index contributed by atoms with van der Waals surface area (Å²) in [5.74, 6) is 2.63. The summed E-state index contributed by atoms with van der Waals surface area (Å²) in [6, 6.07) is 10.8. The van der Waals surface area contributed by atoms with Crippen LogP contribution < -0.4 is 5.32 Å². The molecule has 1 aromatic carbocycles. The summed E-state index contributed by atoms with van der Waals surface area (Å²) in [6.45, 7) is 2.75. The van der Waals surface area contributed by atoms with Crippen LogP contribution in [0.2, 0.25) is 0 Å². The summed E-state index contributed by atoms with van der Waals surface area (Å²) in [6.07, 6.45) is 5.31. The number of nitrogens with zero attached hydrogens (tertiary/aromatic N) is 5. The number of nitrogens with one attached hydrogen (secondary N) is 1. The van der Waals surface area contributed by atoms with Crippen molar-refractivity contribution in [1.29, 1.82) is 0 Å². The number of guanidine groups is 1. The molecule has 0 aliphatic carbocycles. The largest absolute Gasteiger partial charge is 0.349 e. The number of hydrogen-bond donors (Lipinski definition) is 1. The van der Waals surface area contributed by atoms with Crippen molar-refractivity contribution >= 4 is 5.96 Å². The van der Waals surface area contributed by atoms with Gasteiger partial charge in [-0.15, -0.1) is 10.2 Å². The average Bonchev–Trinajstić information content (AvgIpc) is 3.03. The van der Waals surface area contributed by atoms with Gasteiger partial charge in [0.05, 0.1) is 6.54 Å². The second kappa shape index (κ2) is 7.95. The number of benzene rings is 1. The smallest absolute Gasteiger partial charge is 0.194 e. The Morgan fingerprint density at radius 3 is 2.62 bits per heavy atom. The molecule has 1 fully saturated rings.